The highest BCUT2D eigenvalue weighted by molar-refractivity contribution is 5.92. The third-order valence-electron chi connectivity index (χ3n) is 4.32. The highest BCUT2D eigenvalue weighted by Gasteiger charge is 2.29. The van der Waals surface area contributed by atoms with Crippen LogP contribution in [0.5, 0.6) is 5.75 Å². The molecule has 0 spiro atoms. The monoisotopic (exact) mass is 288 g/mol. The lowest BCUT2D eigenvalue weighted by Gasteiger charge is -2.26. The van der Waals surface area contributed by atoms with Crippen molar-refractivity contribution in [3.05, 3.63) is 77.4 Å². The highest BCUT2D eigenvalue weighted by atomic mass is 16.5. The Kier molecular flexibility index (Phi) is 2.97. The summed E-state index contributed by atoms with van der Waals surface area (Å²) in [6.45, 7) is 2.09. The number of esters is 1. The molecule has 0 bridgehead atoms. The molecule has 0 unspecified atom stereocenters. The van der Waals surface area contributed by atoms with E-state index in [4.69, 9.17) is 4.74 Å². The molecule has 1 heterocycles. The largest absolute Gasteiger partial charge is 0.426 e. The first-order valence-corrected chi connectivity index (χ1v) is 7.51. The fraction of sp³-hybridized carbons (Fsp3) is 0.150. The van der Waals surface area contributed by atoms with Crippen molar-refractivity contribution >= 4 is 16.7 Å². The molecule has 1 atom stereocenters. The van der Waals surface area contributed by atoms with Gasteiger partial charge in [-0.3, -0.25) is 4.79 Å². The number of carbonyl (C=O) groups excluding carboxylic acids is 1. The Hall–Kier alpha value is -2.61. The Labute approximate surface area is 129 Å². The number of fused-ring (bicyclic) bond motifs is 3. The third-order valence-corrected chi connectivity index (χ3v) is 4.32. The van der Waals surface area contributed by atoms with Crippen molar-refractivity contribution in [1.29, 1.82) is 0 Å². The molecule has 3 aromatic rings. The van der Waals surface area contributed by atoms with Gasteiger partial charge in [0.1, 0.15) is 5.75 Å². The van der Waals surface area contributed by atoms with Gasteiger partial charge in [0, 0.05) is 11.5 Å². The normalized spacial score (nSPS) is 17.1. The van der Waals surface area contributed by atoms with Crippen LogP contribution < -0.4 is 4.74 Å². The van der Waals surface area contributed by atoms with Gasteiger partial charge in [-0.25, -0.2) is 0 Å². The summed E-state index contributed by atoms with van der Waals surface area (Å²) in [4.78, 5) is 12.0. The van der Waals surface area contributed by atoms with E-state index in [-0.39, 0.29) is 11.9 Å². The zero-order valence-electron chi connectivity index (χ0n) is 12.4. The van der Waals surface area contributed by atoms with Gasteiger partial charge in [0.25, 0.3) is 0 Å². The van der Waals surface area contributed by atoms with Crippen molar-refractivity contribution < 1.29 is 9.53 Å². The molecule has 1 aliphatic rings. The van der Waals surface area contributed by atoms with Gasteiger partial charge in [0.2, 0.25) is 0 Å². The third kappa shape index (κ3) is 2.08. The molecule has 0 fully saturated rings. The minimum absolute atomic E-state index is 0.0591. The summed E-state index contributed by atoms with van der Waals surface area (Å²) in [5.74, 6) is 0.595. The van der Waals surface area contributed by atoms with Crippen LogP contribution in [-0.4, -0.2) is 5.97 Å². The van der Waals surface area contributed by atoms with Crippen LogP contribution in [0.3, 0.4) is 0 Å². The number of hydrogen-bond donors (Lipinski definition) is 0. The van der Waals surface area contributed by atoms with Gasteiger partial charge in [0.15, 0.2) is 0 Å². The summed E-state index contributed by atoms with van der Waals surface area (Å²) in [7, 11) is 0. The minimum atomic E-state index is -0.159. The Morgan fingerprint density at radius 1 is 1.00 bits per heavy atom. The maximum Gasteiger partial charge on any atom is 0.312 e. The molecular formula is C20H16O2. The molecule has 22 heavy (non-hydrogen) atoms. The molecule has 0 N–H and O–H groups in total. The molecule has 0 amide bonds. The molecule has 4 rings (SSSR count). The van der Waals surface area contributed by atoms with E-state index in [0.717, 1.165) is 11.1 Å². The summed E-state index contributed by atoms with van der Waals surface area (Å²) < 4.78 is 5.48. The van der Waals surface area contributed by atoms with Crippen molar-refractivity contribution in [3.8, 4) is 5.75 Å². The van der Waals surface area contributed by atoms with E-state index in [1.807, 2.05) is 30.3 Å². The molecule has 0 aliphatic carbocycles. The van der Waals surface area contributed by atoms with Crippen molar-refractivity contribution in [2.24, 2.45) is 0 Å². The van der Waals surface area contributed by atoms with Gasteiger partial charge in [-0.2, -0.15) is 0 Å². The molecule has 2 nitrogen and oxygen atoms in total. The minimum Gasteiger partial charge on any atom is -0.426 e. The van der Waals surface area contributed by atoms with Gasteiger partial charge in [-0.05, 0) is 29.3 Å². The lowest BCUT2D eigenvalue weighted by Crippen LogP contribution is -2.21. The first-order valence-electron chi connectivity index (χ1n) is 7.51. The van der Waals surface area contributed by atoms with E-state index in [0.29, 0.717) is 12.2 Å². The Morgan fingerprint density at radius 3 is 2.64 bits per heavy atom. The maximum absolute atomic E-state index is 12.0. The van der Waals surface area contributed by atoms with Crippen LogP contribution in [0.2, 0.25) is 0 Å². The average molecular weight is 288 g/mol. The molecule has 0 aromatic heterocycles. The van der Waals surface area contributed by atoms with Crippen LogP contribution in [0.4, 0.5) is 0 Å². The second-order valence-electron chi connectivity index (χ2n) is 5.84. The fourth-order valence-electron chi connectivity index (χ4n) is 3.30. The van der Waals surface area contributed by atoms with Crippen LogP contribution >= 0.6 is 0 Å². The van der Waals surface area contributed by atoms with E-state index >= 15 is 0 Å². The van der Waals surface area contributed by atoms with E-state index in [2.05, 4.69) is 37.3 Å². The SMILES string of the molecule is Cc1ccc2c3c(ccc2c1)OC(=O)C[C@H]3c1ccccc1. The molecule has 0 saturated carbocycles. The van der Waals surface area contributed by atoms with Gasteiger partial charge >= 0.3 is 5.97 Å². The lowest BCUT2D eigenvalue weighted by atomic mass is 9.83. The number of rotatable bonds is 1. The lowest BCUT2D eigenvalue weighted by molar-refractivity contribution is -0.135. The van der Waals surface area contributed by atoms with Crippen LogP contribution in [0, 0.1) is 6.92 Å². The van der Waals surface area contributed by atoms with Crippen molar-refractivity contribution in [2.75, 3.05) is 0 Å². The molecule has 0 radical (unpaired) electrons. The molecule has 108 valence electrons. The van der Waals surface area contributed by atoms with Crippen molar-refractivity contribution in [2.45, 2.75) is 19.3 Å². The standard InChI is InChI=1S/C20H16O2/c1-13-7-9-16-15(11-13)8-10-18-20(16)17(12-19(21)22-18)14-5-3-2-4-6-14/h2-11,17H,12H2,1H3/t17-/m0/s1. The zero-order chi connectivity index (χ0) is 15.1. The van der Waals surface area contributed by atoms with Crippen LogP contribution in [0.15, 0.2) is 60.7 Å². The molecule has 1 aliphatic heterocycles. The number of aryl methyl sites for hydroxylation is 1. The van der Waals surface area contributed by atoms with Gasteiger partial charge in [-0.15, -0.1) is 0 Å². The zero-order valence-corrected chi connectivity index (χ0v) is 12.4. The van der Waals surface area contributed by atoms with E-state index in [9.17, 15) is 4.79 Å². The smallest absolute Gasteiger partial charge is 0.312 e. The highest BCUT2D eigenvalue weighted by Crippen LogP contribution is 2.42. The average Bonchev–Trinajstić information content (AvgIpc) is 2.54. The fourth-order valence-corrected chi connectivity index (χ4v) is 3.30. The summed E-state index contributed by atoms with van der Waals surface area (Å²) in [6, 6.07) is 20.6. The van der Waals surface area contributed by atoms with Gasteiger partial charge in [0.05, 0.1) is 6.42 Å². The van der Waals surface area contributed by atoms with Gasteiger partial charge in [-0.1, -0.05) is 60.2 Å². The first kappa shape index (κ1) is 13.1. The number of ether oxygens (including phenoxy) is 1. The van der Waals surface area contributed by atoms with Crippen LogP contribution in [-0.2, 0) is 4.79 Å². The predicted octanol–water partition coefficient (Wildman–Crippen LogP) is 4.59. The molecule has 3 aromatic carbocycles. The van der Waals surface area contributed by atoms with Crippen LogP contribution in [0.1, 0.15) is 29.0 Å². The number of benzene rings is 3. The molecule has 2 heteroatoms. The number of carbonyl (C=O) groups is 1. The Balaban J connectivity index is 1.99. The molecule has 0 saturated heterocycles. The van der Waals surface area contributed by atoms with E-state index in [1.54, 1.807) is 0 Å². The predicted molar refractivity (Wildman–Crippen MR) is 87.2 cm³/mol. The first-order chi connectivity index (χ1) is 10.7. The second kappa shape index (κ2) is 4.99. The second-order valence-corrected chi connectivity index (χ2v) is 5.84. The maximum atomic E-state index is 12.0. The quantitative estimate of drug-likeness (QED) is 0.483. The van der Waals surface area contributed by atoms with E-state index < -0.39 is 0 Å². The Bertz CT molecular complexity index is 866. The summed E-state index contributed by atoms with van der Waals surface area (Å²) in [5, 5.41) is 2.36. The summed E-state index contributed by atoms with van der Waals surface area (Å²) in [6.07, 6.45) is 0.393. The number of hydrogen-bond acceptors (Lipinski definition) is 2. The molecular weight excluding hydrogens is 272 g/mol. The Morgan fingerprint density at radius 2 is 1.82 bits per heavy atom. The van der Waals surface area contributed by atoms with E-state index in [1.165, 1.54) is 16.3 Å². The van der Waals surface area contributed by atoms with Crippen molar-refractivity contribution in [3.63, 3.8) is 0 Å². The van der Waals surface area contributed by atoms with Crippen LogP contribution in [0.25, 0.3) is 10.8 Å². The summed E-state index contributed by atoms with van der Waals surface area (Å²) >= 11 is 0. The van der Waals surface area contributed by atoms with Gasteiger partial charge < -0.3 is 4.74 Å². The topological polar surface area (TPSA) is 26.3 Å². The summed E-state index contributed by atoms with van der Waals surface area (Å²) in [5.41, 5.74) is 3.52. The van der Waals surface area contributed by atoms with Crippen molar-refractivity contribution in [1.82, 2.24) is 0 Å².